The number of aliphatic hydroxyl groups excluding tert-OH is 1. The Morgan fingerprint density at radius 2 is 1.73 bits per heavy atom. The molecule has 2 rings (SSSR count). The number of aliphatic hydroxyl groups is 1. The van der Waals surface area contributed by atoms with Crippen molar-refractivity contribution in [2.24, 2.45) is 0 Å². The molecule has 3 heteroatoms. The van der Waals surface area contributed by atoms with Crippen molar-refractivity contribution in [3.05, 3.63) is 0 Å². The molecule has 88 valence electrons. The van der Waals surface area contributed by atoms with Crippen molar-refractivity contribution in [2.75, 3.05) is 27.2 Å². The van der Waals surface area contributed by atoms with Crippen LogP contribution in [0.5, 0.6) is 0 Å². The van der Waals surface area contributed by atoms with Crippen LogP contribution >= 0.6 is 0 Å². The maximum Gasteiger partial charge on any atom is 0.0555 e. The number of hydrogen-bond acceptors (Lipinski definition) is 3. The molecule has 0 radical (unpaired) electrons. The second-order valence-electron chi connectivity index (χ2n) is 5.32. The van der Waals surface area contributed by atoms with Gasteiger partial charge in [0.2, 0.25) is 0 Å². The van der Waals surface area contributed by atoms with E-state index in [-0.39, 0.29) is 6.10 Å². The molecule has 2 fully saturated rings. The van der Waals surface area contributed by atoms with Crippen molar-refractivity contribution in [1.82, 2.24) is 9.80 Å². The van der Waals surface area contributed by atoms with Gasteiger partial charge in [0.05, 0.1) is 6.10 Å². The molecule has 3 nitrogen and oxygen atoms in total. The third-order valence-corrected chi connectivity index (χ3v) is 4.22. The quantitative estimate of drug-likeness (QED) is 0.737. The largest absolute Gasteiger partial charge is 0.393 e. The van der Waals surface area contributed by atoms with Gasteiger partial charge in [-0.3, -0.25) is 0 Å². The summed E-state index contributed by atoms with van der Waals surface area (Å²) in [6.45, 7) is 2.45. The van der Waals surface area contributed by atoms with Gasteiger partial charge in [-0.2, -0.15) is 0 Å². The Kier molecular flexibility index (Phi) is 3.65. The molecule has 2 atom stereocenters. The molecule has 2 unspecified atom stereocenters. The lowest BCUT2D eigenvalue weighted by atomic mass is 10.0. The van der Waals surface area contributed by atoms with Crippen LogP contribution in [-0.4, -0.2) is 60.3 Å². The normalized spacial score (nSPS) is 35.2. The fourth-order valence-corrected chi connectivity index (χ4v) is 3.00. The molecule has 1 saturated heterocycles. The molecule has 1 heterocycles. The lowest BCUT2D eigenvalue weighted by Crippen LogP contribution is -2.45. The van der Waals surface area contributed by atoms with Gasteiger partial charge in [-0.15, -0.1) is 0 Å². The van der Waals surface area contributed by atoms with Crippen LogP contribution in [0.2, 0.25) is 0 Å². The molecular formula is C12H24N2O. The predicted octanol–water partition coefficient (Wildman–Crippen LogP) is 0.926. The fraction of sp³-hybridized carbons (Fsp3) is 1.00. The van der Waals surface area contributed by atoms with Crippen LogP contribution < -0.4 is 0 Å². The topological polar surface area (TPSA) is 26.7 Å². The van der Waals surface area contributed by atoms with Crippen molar-refractivity contribution < 1.29 is 5.11 Å². The Morgan fingerprint density at radius 3 is 2.27 bits per heavy atom. The van der Waals surface area contributed by atoms with Crippen LogP contribution in [0.1, 0.15) is 32.1 Å². The molecule has 0 aromatic rings. The van der Waals surface area contributed by atoms with Crippen molar-refractivity contribution >= 4 is 0 Å². The highest BCUT2D eigenvalue weighted by Crippen LogP contribution is 2.27. The summed E-state index contributed by atoms with van der Waals surface area (Å²) in [5.74, 6) is 0. The van der Waals surface area contributed by atoms with Crippen LogP contribution in [0.15, 0.2) is 0 Å². The highest BCUT2D eigenvalue weighted by Gasteiger charge is 2.30. The maximum atomic E-state index is 9.55. The minimum atomic E-state index is -0.0382. The first-order valence-corrected chi connectivity index (χ1v) is 6.25. The third-order valence-electron chi connectivity index (χ3n) is 4.22. The van der Waals surface area contributed by atoms with Gasteiger partial charge in [0, 0.05) is 12.1 Å². The molecule has 0 aromatic carbocycles. The van der Waals surface area contributed by atoms with Gasteiger partial charge >= 0.3 is 0 Å². The van der Waals surface area contributed by atoms with Crippen molar-refractivity contribution in [3.8, 4) is 0 Å². The molecule has 2 aliphatic rings. The highest BCUT2D eigenvalue weighted by molar-refractivity contribution is 4.86. The Balaban J connectivity index is 1.82. The van der Waals surface area contributed by atoms with E-state index in [9.17, 15) is 5.11 Å². The molecular weight excluding hydrogens is 188 g/mol. The molecule has 0 spiro atoms. The molecule has 1 aliphatic heterocycles. The van der Waals surface area contributed by atoms with Gasteiger partial charge in [0.25, 0.3) is 0 Å². The smallest absolute Gasteiger partial charge is 0.0555 e. The second-order valence-corrected chi connectivity index (χ2v) is 5.32. The average Bonchev–Trinajstić information content (AvgIpc) is 2.65. The predicted molar refractivity (Wildman–Crippen MR) is 61.9 cm³/mol. The summed E-state index contributed by atoms with van der Waals surface area (Å²) >= 11 is 0. The molecule has 1 N–H and O–H groups in total. The van der Waals surface area contributed by atoms with Crippen LogP contribution in [0.3, 0.4) is 0 Å². The van der Waals surface area contributed by atoms with E-state index in [0.29, 0.717) is 6.04 Å². The first-order valence-electron chi connectivity index (χ1n) is 6.25. The number of piperidine rings is 1. The van der Waals surface area contributed by atoms with Gasteiger partial charge in [-0.05, 0) is 59.3 Å². The zero-order chi connectivity index (χ0) is 10.8. The molecule has 15 heavy (non-hydrogen) atoms. The monoisotopic (exact) mass is 212 g/mol. The van der Waals surface area contributed by atoms with E-state index in [4.69, 9.17) is 0 Å². The van der Waals surface area contributed by atoms with Crippen LogP contribution in [0.4, 0.5) is 0 Å². The number of rotatable bonds is 2. The molecule has 0 aromatic heterocycles. The van der Waals surface area contributed by atoms with Crippen LogP contribution in [-0.2, 0) is 0 Å². The molecule has 0 bridgehead atoms. The Labute approximate surface area is 93.1 Å². The van der Waals surface area contributed by atoms with E-state index in [1.54, 1.807) is 0 Å². The van der Waals surface area contributed by atoms with E-state index in [1.807, 2.05) is 0 Å². The summed E-state index contributed by atoms with van der Waals surface area (Å²) in [6, 6.07) is 1.38. The summed E-state index contributed by atoms with van der Waals surface area (Å²) < 4.78 is 0. The van der Waals surface area contributed by atoms with Crippen molar-refractivity contribution in [2.45, 2.75) is 50.3 Å². The van der Waals surface area contributed by atoms with Gasteiger partial charge in [-0.1, -0.05) is 0 Å². The first kappa shape index (κ1) is 11.4. The van der Waals surface area contributed by atoms with Gasteiger partial charge in [0.15, 0.2) is 0 Å². The Bertz CT molecular complexity index is 202. The molecule has 1 aliphatic carbocycles. The second kappa shape index (κ2) is 4.81. The van der Waals surface area contributed by atoms with E-state index in [1.165, 1.54) is 32.4 Å². The number of hydrogen-bond donors (Lipinski definition) is 1. The van der Waals surface area contributed by atoms with E-state index in [2.05, 4.69) is 23.9 Å². The lowest BCUT2D eigenvalue weighted by molar-refractivity contribution is 0.0982. The van der Waals surface area contributed by atoms with E-state index >= 15 is 0 Å². The van der Waals surface area contributed by atoms with Crippen molar-refractivity contribution in [3.63, 3.8) is 0 Å². The lowest BCUT2D eigenvalue weighted by Gasteiger charge is -2.38. The number of nitrogens with zero attached hydrogens (tertiary/aromatic N) is 2. The Hall–Kier alpha value is -0.120. The number of likely N-dealkylation sites (tertiary alicyclic amines) is 1. The SMILES string of the molecule is CN1CCC(N(C)C2CCC(O)C2)CC1. The van der Waals surface area contributed by atoms with Crippen LogP contribution in [0, 0.1) is 0 Å². The zero-order valence-corrected chi connectivity index (χ0v) is 10.0. The van der Waals surface area contributed by atoms with E-state index < -0.39 is 0 Å². The van der Waals surface area contributed by atoms with Gasteiger partial charge in [0.1, 0.15) is 0 Å². The summed E-state index contributed by atoms with van der Waals surface area (Å²) in [5.41, 5.74) is 0. The fourth-order valence-electron chi connectivity index (χ4n) is 3.00. The summed E-state index contributed by atoms with van der Waals surface area (Å²) in [6.07, 6.45) is 5.72. The molecule has 0 amide bonds. The van der Waals surface area contributed by atoms with Gasteiger partial charge < -0.3 is 14.9 Å². The Morgan fingerprint density at radius 1 is 1.07 bits per heavy atom. The average molecular weight is 212 g/mol. The zero-order valence-electron chi connectivity index (χ0n) is 10.0. The standard InChI is InChI=1S/C12H24N2O/c1-13-7-5-10(6-8-13)14(2)11-3-4-12(15)9-11/h10-12,15H,3-9H2,1-2H3. The van der Waals surface area contributed by atoms with Crippen LogP contribution in [0.25, 0.3) is 0 Å². The van der Waals surface area contributed by atoms with E-state index in [0.717, 1.165) is 18.9 Å². The minimum absolute atomic E-state index is 0.0382. The molecule has 1 saturated carbocycles. The first-order chi connectivity index (χ1) is 7.16. The third kappa shape index (κ3) is 2.71. The maximum absolute atomic E-state index is 9.55. The summed E-state index contributed by atoms with van der Waals surface area (Å²) in [5, 5.41) is 9.55. The van der Waals surface area contributed by atoms with Gasteiger partial charge in [-0.25, -0.2) is 0 Å². The minimum Gasteiger partial charge on any atom is -0.393 e. The summed E-state index contributed by atoms with van der Waals surface area (Å²) in [4.78, 5) is 4.94. The van der Waals surface area contributed by atoms with Crippen molar-refractivity contribution in [1.29, 1.82) is 0 Å². The summed E-state index contributed by atoms with van der Waals surface area (Å²) in [7, 11) is 4.45. The highest BCUT2D eigenvalue weighted by atomic mass is 16.3.